The molecule has 0 spiro atoms. The Morgan fingerprint density at radius 1 is 1.44 bits per heavy atom. The van der Waals surface area contributed by atoms with Gasteiger partial charge in [0.2, 0.25) is 0 Å². The highest BCUT2D eigenvalue weighted by Gasteiger charge is 2.23. The van der Waals surface area contributed by atoms with Gasteiger partial charge in [-0.15, -0.1) is 0 Å². The quantitative estimate of drug-likeness (QED) is 0.843. The van der Waals surface area contributed by atoms with Gasteiger partial charge in [-0.3, -0.25) is 4.79 Å². The average Bonchev–Trinajstić information content (AvgIpc) is 2.21. The van der Waals surface area contributed by atoms with Crippen LogP contribution < -0.4 is 11.3 Å². The van der Waals surface area contributed by atoms with Gasteiger partial charge in [-0.05, 0) is 31.2 Å². The number of hydrogen-bond donors (Lipinski definition) is 1. The smallest absolute Gasteiger partial charge is 0.255 e. The van der Waals surface area contributed by atoms with Crippen LogP contribution >= 0.6 is 0 Å². The molecular formula is C13H20N2O. The molecule has 1 aliphatic rings. The number of nitrogens with two attached hydrogens (primary N) is 1. The minimum Gasteiger partial charge on any atom is -0.326 e. The van der Waals surface area contributed by atoms with Crippen LogP contribution in [0.25, 0.3) is 0 Å². The van der Waals surface area contributed by atoms with E-state index in [1.807, 2.05) is 10.6 Å². The van der Waals surface area contributed by atoms with Gasteiger partial charge >= 0.3 is 0 Å². The molecule has 3 nitrogen and oxygen atoms in total. The zero-order chi connectivity index (χ0) is 11.5. The van der Waals surface area contributed by atoms with Crippen molar-refractivity contribution in [1.82, 2.24) is 4.57 Å². The zero-order valence-corrected chi connectivity index (χ0v) is 9.91. The Morgan fingerprint density at radius 2 is 2.19 bits per heavy atom. The molecule has 1 aromatic rings. The van der Waals surface area contributed by atoms with Gasteiger partial charge < -0.3 is 10.3 Å². The van der Waals surface area contributed by atoms with Crippen LogP contribution in [0.3, 0.4) is 0 Å². The summed E-state index contributed by atoms with van der Waals surface area (Å²) in [6, 6.07) is 4.01. The molecule has 1 fully saturated rings. The first kappa shape index (κ1) is 11.4. The van der Waals surface area contributed by atoms with Crippen molar-refractivity contribution in [3.8, 4) is 0 Å². The molecule has 2 N–H and O–H groups in total. The summed E-state index contributed by atoms with van der Waals surface area (Å²) in [7, 11) is 0. The summed E-state index contributed by atoms with van der Waals surface area (Å²) in [5.41, 5.74) is 7.65. The third-order valence-electron chi connectivity index (χ3n) is 3.48. The Balaban J connectivity index is 2.43. The predicted octanol–water partition coefficient (Wildman–Crippen LogP) is 1.98. The fourth-order valence-electron chi connectivity index (χ4n) is 2.31. The maximum Gasteiger partial charge on any atom is 0.255 e. The Morgan fingerprint density at radius 3 is 2.69 bits per heavy atom. The van der Waals surface area contributed by atoms with Gasteiger partial charge in [-0.1, -0.05) is 19.4 Å². The minimum atomic E-state index is 0.119. The first-order valence-corrected chi connectivity index (χ1v) is 6.20. The second kappa shape index (κ2) is 4.83. The van der Waals surface area contributed by atoms with E-state index in [0.29, 0.717) is 12.5 Å². The Bertz CT molecular complexity index is 418. The van der Waals surface area contributed by atoms with Crippen molar-refractivity contribution in [2.24, 2.45) is 5.73 Å². The van der Waals surface area contributed by atoms with Crippen LogP contribution in [0, 0.1) is 0 Å². The molecule has 0 amide bonds. The highest BCUT2D eigenvalue weighted by Crippen LogP contribution is 2.35. The first-order chi connectivity index (χ1) is 7.77. The molecule has 0 aromatic carbocycles. The van der Waals surface area contributed by atoms with Crippen molar-refractivity contribution in [1.29, 1.82) is 0 Å². The standard InChI is InChI=1S/C13H20N2O/c1-2-8-15-12(10-4-3-5-10)7-6-11(9-14)13(15)16/h6-7,10H,2-5,8-9,14H2,1H3. The largest absolute Gasteiger partial charge is 0.326 e. The molecule has 88 valence electrons. The highest BCUT2D eigenvalue weighted by atomic mass is 16.1. The van der Waals surface area contributed by atoms with Crippen molar-refractivity contribution in [3.63, 3.8) is 0 Å². The summed E-state index contributed by atoms with van der Waals surface area (Å²) in [5, 5.41) is 0. The molecule has 1 aliphatic carbocycles. The molecule has 0 bridgehead atoms. The van der Waals surface area contributed by atoms with E-state index >= 15 is 0 Å². The van der Waals surface area contributed by atoms with Gasteiger partial charge in [-0.25, -0.2) is 0 Å². The fraction of sp³-hybridized carbons (Fsp3) is 0.615. The second-order valence-corrected chi connectivity index (χ2v) is 4.57. The summed E-state index contributed by atoms with van der Waals surface area (Å²) in [6.45, 7) is 3.26. The van der Waals surface area contributed by atoms with Crippen LogP contribution in [0.5, 0.6) is 0 Å². The van der Waals surface area contributed by atoms with E-state index in [2.05, 4.69) is 13.0 Å². The minimum absolute atomic E-state index is 0.119. The lowest BCUT2D eigenvalue weighted by atomic mass is 9.82. The van der Waals surface area contributed by atoms with E-state index in [4.69, 9.17) is 5.73 Å². The molecule has 16 heavy (non-hydrogen) atoms. The molecule has 1 saturated carbocycles. The Hall–Kier alpha value is -1.09. The van der Waals surface area contributed by atoms with E-state index in [-0.39, 0.29) is 5.56 Å². The maximum atomic E-state index is 12.1. The average molecular weight is 220 g/mol. The number of aromatic nitrogens is 1. The van der Waals surface area contributed by atoms with Gasteiger partial charge in [-0.2, -0.15) is 0 Å². The van der Waals surface area contributed by atoms with Gasteiger partial charge in [0.25, 0.3) is 5.56 Å². The van der Waals surface area contributed by atoms with Crippen molar-refractivity contribution in [2.75, 3.05) is 0 Å². The lowest BCUT2D eigenvalue weighted by molar-refractivity contribution is 0.390. The van der Waals surface area contributed by atoms with E-state index in [1.54, 1.807) is 0 Å². The molecule has 0 aliphatic heterocycles. The normalized spacial score (nSPS) is 16.1. The molecule has 0 unspecified atom stereocenters. The van der Waals surface area contributed by atoms with Gasteiger partial charge in [0.05, 0.1) is 0 Å². The molecule has 0 saturated heterocycles. The molecule has 1 aromatic heterocycles. The Kier molecular flexibility index (Phi) is 3.44. The number of pyridine rings is 1. The van der Waals surface area contributed by atoms with Crippen LogP contribution in [-0.4, -0.2) is 4.57 Å². The first-order valence-electron chi connectivity index (χ1n) is 6.20. The zero-order valence-electron chi connectivity index (χ0n) is 9.91. The Labute approximate surface area is 96.3 Å². The van der Waals surface area contributed by atoms with Gasteiger partial charge in [0.15, 0.2) is 0 Å². The van der Waals surface area contributed by atoms with E-state index in [1.165, 1.54) is 25.0 Å². The van der Waals surface area contributed by atoms with Crippen molar-refractivity contribution >= 4 is 0 Å². The summed E-state index contributed by atoms with van der Waals surface area (Å²) >= 11 is 0. The topological polar surface area (TPSA) is 48.0 Å². The second-order valence-electron chi connectivity index (χ2n) is 4.57. The maximum absolute atomic E-state index is 12.1. The molecule has 1 heterocycles. The third-order valence-corrected chi connectivity index (χ3v) is 3.48. The van der Waals surface area contributed by atoms with Crippen molar-refractivity contribution < 1.29 is 0 Å². The van der Waals surface area contributed by atoms with E-state index in [9.17, 15) is 4.79 Å². The summed E-state index contributed by atoms with van der Waals surface area (Å²) < 4.78 is 1.94. The van der Waals surface area contributed by atoms with Crippen molar-refractivity contribution in [3.05, 3.63) is 33.7 Å². The lowest BCUT2D eigenvalue weighted by Crippen LogP contribution is -2.30. The number of hydrogen-bond acceptors (Lipinski definition) is 2. The number of nitrogens with zero attached hydrogens (tertiary/aromatic N) is 1. The van der Waals surface area contributed by atoms with Crippen molar-refractivity contribution in [2.45, 2.75) is 51.6 Å². The lowest BCUT2D eigenvalue weighted by Gasteiger charge is -2.28. The van der Waals surface area contributed by atoms with Crippen LogP contribution in [0.4, 0.5) is 0 Å². The molecular weight excluding hydrogens is 200 g/mol. The summed E-state index contributed by atoms with van der Waals surface area (Å²) in [5.74, 6) is 0.603. The predicted molar refractivity (Wildman–Crippen MR) is 65.5 cm³/mol. The van der Waals surface area contributed by atoms with Gasteiger partial charge in [0.1, 0.15) is 0 Å². The molecule has 0 radical (unpaired) electrons. The van der Waals surface area contributed by atoms with E-state index < -0.39 is 0 Å². The SMILES string of the molecule is CCCn1c(C2CCC2)ccc(CN)c1=O. The third kappa shape index (κ3) is 1.92. The number of rotatable bonds is 4. The summed E-state index contributed by atoms with van der Waals surface area (Å²) in [4.78, 5) is 12.1. The fourth-order valence-corrected chi connectivity index (χ4v) is 2.31. The molecule has 0 atom stereocenters. The van der Waals surface area contributed by atoms with E-state index in [0.717, 1.165) is 18.5 Å². The molecule has 2 rings (SSSR count). The monoisotopic (exact) mass is 220 g/mol. The molecule has 3 heteroatoms. The van der Waals surface area contributed by atoms with Crippen LogP contribution in [0.2, 0.25) is 0 Å². The van der Waals surface area contributed by atoms with Crippen LogP contribution in [-0.2, 0) is 13.1 Å². The highest BCUT2D eigenvalue weighted by molar-refractivity contribution is 5.20. The summed E-state index contributed by atoms with van der Waals surface area (Å²) in [6.07, 6.45) is 4.74. The van der Waals surface area contributed by atoms with Gasteiger partial charge in [0, 0.05) is 24.3 Å². The van der Waals surface area contributed by atoms with Crippen LogP contribution in [0.1, 0.15) is 49.8 Å². The van der Waals surface area contributed by atoms with Crippen LogP contribution in [0.15, 0.2) is 16.9 Å².